The predicted molar refractivity (Wildman–Crippen MR) is 143 cm³/mol. The van der Waals surface area contributed by atoms with E-state index in [0.29, 0.717) is 12.4 Å². The standard InChI is InChI=1S/C29H34N2O5S/c1-22(24-11-6-3-7-12-24)31-18-27(21-35-20-23-9-4-2-5-10-23)36-28-17-25(14-15-29(28)37(31,33)34)30-16-8-13-26(30)19-32/h2-7,9-12,14-15,17,22,26-27,32H,8,13,16,18-21H2,1H3/t22-,26+,27-/m0/s1. The van der Waals surface area contributed by atoms with Gasteiger partial charge < -0.3 is 19.5 Å². The van der Waals surface area contributed by atoms with Crippen molar-refractivity contribution in [2.24, 2.45) is 0 Å². The van der Waals surface area contributed by atoms with Crippen molar-refractivity contribution in [2.75, 3.05) is 31.2 Å². The molecule has 2 aliphatic rings. The van der Waals surface area contributed by atoms with Crippen molar-refractivity contribution < 1.29 is 23.0 Å². The highest BCUT2D eigenvalue weighted by Crippen LogP contribution is 2.39. The van der Waals surface area contributed by atoms with Crippen LogP contribution in [0.2, 0.25) is 0 Å². The molecule has 0 aliphatic carbocycles. The van der Waals surface area contributed by atoms with Crippen LogP contribution in [0.25, 0.3) is 0 Å². The van der Waals surface area contributed by atoms with Crippen molar-refractivity contribution in [3.05, 3.63) is 90.0 Å². The van der Waals surface area contributed by atoms with Crippen LogP contribution in [0.15, 0.2) is 83.8 Å². The van der Waals surface area contributed by atoms with Crippen LogP contribution < -0.4 is 9.64 Å². The smallest absolute Gasteiger partial charge is 0.247 e. The van der Waals surface area contributed by atoms with Gasteiger partial charge >= 0.3 is 0 Å². The Bertz CT molecular complexity index is 1290. The molecule has 0 amide bonds. The summed E-state index contributed by atoms with van der Waals surface area (Å²) in [6.07, 6.45) is 1.40. The number of aliphatic hydroxyl groups is 1. The second-order valence-electron chi connectivity index (χ2n) is 9.71. The van der Waals surface area contributed by atoms with Crippen LogP contribution in [0.3, 0.4) is 0 Å². The maximum atomic E-state index is 14.0. The van der Waals surface area contributed by atoms with Gasteiger partial charge in [-0.15, -0.1) is 0 Å². The number of benzene rings is 3. The van der Waals surface area contributed by atoms with E-state index in [1.165, 1.54) is 4.31 Å². The van der Waals surface area contributed by atoms with Gasteiger partial charge in [-0.1, -0.05) is 60.7 Å². The van der Waals surface area contributed by atoms with Gasteiger partial charge in [-0.25, -0.2) is 8.42 Å². The molecule has 0 spiro atoms. The Kier molecular flexibility index (Phi) is 7.81. The van der Waals surface area contributed by atoms with Gasteiger partial charge in [0.1, 0.15) is 16.7 Å². The molecule has 3 aromatic carbocycles. The van der Waals surface area contributed by atoms with Crippen molar-refractivity contribution in [3.8, 4) is 5.75 Å². The highest BCUT2D eigenvalue weighted by atomic mass is 32.2. The summed E-state index contributed by atoms with van der Waals surface area (Å²) in [5, 5.41) is 9.81. The zero-order valence-corrected chi connectivity index (χ0v) is 21.9. The Morgan fingerprint density at radius 2 is 1.78 bits per heavy atom. The summed E-state index contributed by atoms with van der Waals surface area (Å²) < 4.78 is 41.9. The van der Waals surface area contributed by atoms with Gasteiger partial charge in [0.15, 0.2) is 0 Å². The van der Waals surface area contributed by atoms with Crippen molar-refractivity contribution in [1.29, 1.82) is 0 Å². The van der Waals surface area contributed by atoms with Crippen LogP contribution in [0.1, 0.15) is 36.9 Å². The molecule has 0 bridgehead atoms. The van der Waals surface area contributed by atoms with E-state index in [4.69, 9.17) is 9.47 Å². The largest absolute Gasteiger partial charge is 0.485 e. The lowest BCUT2D eigenvalue weighted by atomic mass is 10.1. The number of hydrogen-bond donors (Lipinski definition) is 1. The number of fused-ring (bicyclic) bond motifs is 1. The Morgan fingerprint density at radius 3 is 2.51 bits per heavy atom. The third-order valence-electron chi connectivity index (χ3n) is 7.24. The minimum Gasteiger partial charge on any atom is -0.485 e. The van der Waals surface area contributed by atoms with E-state index >= 15 is 0 Å². The average Bonchev–Trinajstić information content (AvgIpc) is 3.37. The molecule has 1 fully saturated rings. The lowest BCUT2D eigenvalue weighted by Crippen LogP contribution is -2.40. The zero-order valence-electron chi connectivity index (χ0n) is 21.1. The number of anilines is 1. The third kappa shape index (κ3) is 5.52. The number of nitrogens with zero attached hydrogens (tertiary/aromatic N) is 2. The minimum absolute atomic E-state index is 0.0278. The minimum atomic E-state index is -3.85. The molecule has 3 aromatic rings. The van der Waals surface area contributed by atoms with Gasteiger partial charge in [-0.3, -0.25) is 0 Å². The molecule has 7 nitrogen and oxygen atoms in total. The number of ether oxygens (including phenoxy) is 2. The number of hydrogen-bond acceptors (Lipinski definition) is 6. The van der Waals surface area contributed by atoms with Gasteiger partial charge in [0.25, 0.3) is 0 Å². The van der Waals surface area contributed by atoms with E-state index in [0.717, 1.165) is 36.2 Å². The van der Waals surface area contributed by atoms with E-state index < -0.39 is 16.1 Å². The van der Waals surface area contributed by atoms with Gasteiger partial charge in [0, 0.05) is 24.3 Å². The summed E-state index contributed by atoms with van der Waals surface area (Å²) in [5.41, 5.74) is 2.82. The van der Waals surface area contributed by atoms with Crippen LogP contribution in [0.4, 0.5) is 5.69 Å². The van der Waals surface area contributed by atoms with E-state index in [1.54, 1.807) is 6.07 Å². The molecular formula is C29H34N2O5S. The molecule has 196 valence electrons. The van der Waals surface area contributed by atoms with Crippen molar-refractivity contribution in [3.63, 3.8) is 0 Å². The van der Waals surface area contributed by atoms with Crippen LogP contribution in [0, 0.1) is 0 Å². The quantitative estimate of drug-likeness (QED) is 0.473. The first-order valence-corrected chi connectivity index (χ1v) is 14.3. The summed E-state index contributed by atoms with van der Waals surface area (Å²) in [7, 11) is -3.85. The zero-order chi connectivity index (χ0) is 25.8. The number of aliphatic hydroxyl groups excluding tert-OH is 1. The summed E-state index contributed by atoms with van der Waals surface area (Å²) in [6, 6.07) is 24.5. The lowest BCUT2D eigenvalue weighted by Gasteiger charge is -2.29. The Morgan fingerprint density at radius 1 is 1.05 bits per heavy atom. The molecule has 5 rings (SSSR count). The van der Waals surface area contributed by atoms with Crippen molar-refractivity contribution in [2.45, 2.75) is 49.5 Å². The van der Waals surface area contributed by atoms with Crippen LogP contribution in [0.5, 0.6) is 5.75 Å². The van der Waals surface area contributed by atoms with Crippen LogP contribution in [-0.2, 0) is 21.4 Å². The van der Waals surface area contributed by atoms with E-state index in [1.807, 2.05) is 79.7 Å². The normalized spacial score (nSPS) is 22.2. The average molecular weight is 523 g/mol. The first-order valence-electron chi connectivity index (χ1n) is 12.8. The summed E-state index contributed by atoms with van der Waals surface area (Å²) in [6.45, 7) is 3.62. The molecule has 8 heteroatoms. The van der Waals surface area contributed by atoms with E-state index in [2.05, 4.69) is 4.90 Å². The molecule has 0 aromatic heterocycles. The van der Waals surface area contributed by atoms with Crippen LogP contribution >= 0.6 is 0 Å². The molecule has 1 N–H and O–H groups in total. The summed E-state index contributed by atoms with van der Waals surface area (Å²) in [4.78, 5) is 2.29. The second kappa shape index (κ2) is 11.2. The number of rotatable bonds is 8. The molecule has 0 saturated carbocycles. The van der Waals surface area contributed by atoms with Gasteiger partial charge in [-0.05, 0) is 43.0 Å². The molecule has 1 saturated heterocycles. The maximum absolute atomic E-state index is 14.0. The van der Waals surface area contributed by atoms with Gasteiger partial charge in [0.2, 0.25) is 10.0 Å². The highest BCUT2D eigenvalue weighted by Gasteiger charge is 2.39. The van der Waals surface area contributed by atoms with Gasteiger partial charge in [0.05, 0.1) is 32.4 Å². The molecule has 2 aliphatic heterocycles. The molecule has 0 unspecified atom stereocenters. The Hall–Kier alpha value is -2.91. The van der Waals surface area contributed by atoms with Crippen molar-refractivity contribution in [1.82, 2.24) is 4.31 Å². The van der Waals surface area contributed by atoms with E-state index in [9.17, 15) is 13.5 Å². The summed E-state index contributed by atoms with van der Waals surface area (Å²) >= 11 is 0. The fraction of sp³-hybridized carbons (Fsp3) is 0.379. The third-order valence-corrected chi connectivity index (χ3v) is 9.22. The fourth-order valence-corrected chi connectivity index (χ4v) is 6.98. The lowest BCUT2D eigenvalue weighted by molar-refractivity contribution is 0.0313. The fourth-order valence-electron chi connectivity index (χ4n) is 5.22. The highest BCUT2D eigenvalue weighted by molar-refractivity contribution is 7.89. The molecule has 3 atom stereocenters. The first kappa shape index (κ1) is 25.7. The van der Waals surface area contributed by atoms with Crippen LogP contribution in [-0.4, -0.2) is 56.3 Å². The van der Waals surface area contributed by atoms with Gasteiger partial charge in [-0.2, -0.15) is 4.31 Å². The number of sulfonamides is 1. The Balaban J connectivity index is 1.47. The second-order valence-corrected chi connectivity index (χ2v) is 11.6. The summed E-state index contributed by atoms with van der Waals surface area (Å²) in [5.74, 6) is 0.331. The molecule has 37 heavy (non-hydrogen) atoms. The van der Waals surface area contributed by atoms with E-state index in [-0.39, 0.29) is 36.7 Å². The van der Waals surface area contributed by atoms with Crippen molar-refractivity contribution >= 4 is 15.7 Å². The maximum Gasteiger partial charge on any atom is 0.247 e. The topological polar surface area (TPSA) is 79.3 Å². The molecule has 0 radical (unpaired) electrons. The monoisotopic (exact) mass is 522 g/mol. The predicted octanol–water partition coefficient (Wildman–Crippen LogP) is 4.38. The SMILES string of the molecule is C[C@@H](c1ccccc1)N1C[C@@H](COCc2ccccc2)Oc2cc(N3CCC[C@@H]3CO)ccc2S1(=O)=O. The molecule has 2 heterocycles. The first-order chi connectivity index (χ1) is 18.0. The molecular weight excluding hydrogens is 488 g/mol. The Labute approximate surface area is 219 Å².